The van der Waals surface area contributed by atoms with Gasteiger partial charge in [-0.15, -0.1) is 0 Å². The zero-order chi connectivity index (χ0) is 16.7. The van der Waals surface area contributed by atoms with Crippen LogP contribution >= 0.6 is 34.9 Å². The van der Waals surface area contributed by atoms with E-state index in [1.54, 1.807) is 22.7 Å². The molecule has 2 aromatic carbocycles. The Morgan fingerprint density at radius 3 is 1.75 bits per heavy atom. The second-order valence-corrected chi connectivity index (χ2v) is 8.03. The smallest absolute Gasteiger partial charge is 0.190 e. The second-order valence-electron chi connectivity index (χ2n) is 5.56. The monoisotopic (exact) mass is 370 g/mol. The van der Waals surface area contributed by atoms with Crippen LogP contribution in [0.2, 0.25) is 0 Å². The molecule has 24 heavy (non-hydrogen) atoms. The Bertz CT molecular complexity index is 980. The Balaban J connectivity index is 1.52. The maximum atomic E-state index is 5.39. The summed E-state index contributed by atoms with van der Waals surface area (Å²) in [4.78, 5) is 9.14. The molecule has 4 rings (SSSR count). The number of aryl methyl sites for hydroxylation is 2. The Morgan fingerprint density at radius 1 is 0.833 bits per heavy atom. The molecule has 0 fully saturated rings. The number of fused-ring (bicyclic) bond motifs is 2. The molecular weight excluding hydrogens is 356 g/mol. The van der Waals surface area contributed by atoms with Crippen LogP contribution in [0, 0.1) is 13.8 Å². The maximum Gasteiger partial charge on any atom is 0.190 e. The van der Waals surface area contributed by atoms with Crippen molar-refractivity contribution in [1.82, 2.24) is 9.97 Å². The normalized spacial score (nSPS) is 11.1. The van der Waals surface area contributed by atoms with E-state index in [4.69, 9.17) is 12.2 Å². The molecule has 0 spiro atoms. The van der Waals surface area contributed by atoms with Gasteiger partial charge in [-0.2, -0.15) is 0 Å². The summed E-state index contributed by atoms with van der Waals surface area (Å²) >= 11 is 8.56. The lowest BCUT2D eigenvalue weighted by Crippen LogP contribution is -2.18. The van der Waals surface area contributed by atoms with Crippen LogP contribution < -0.4 is 10.6 Å². The first-order valence-corrected chi connectivity index (χ1v) is 9.43. The Hall–Kier alpha value is -2.09. The summed E-state index contributed by atoms with van der Waals surface area (Å²) in [6.07, 6.45) is 0. The molecule has 0 bridgehead atoms. The van der Waals surface area contributed by atoms with E-state index < -0.39 is 0 Å². The number of nitrogens with one attached hydrogen (secondary N) is 2. The Morgan fingerprint density at radius 2 is 1.29 bits per heavy atom. The summed E-state index contributed by atoms with van der Waals surface area (Å²) < 4.78 is 2.28. The summed E-state index contributed by atoms with van der Waals surface area (Å²) in [7, 11) is 0. The van der Waals surface area contributed by atoms with Crippen LogP contribution in [0.3, 0.4) is 0 Å². The lowest BCUT2D eigenvalue weighted by molar-refractivity contribution is 1.42. The molecule has 0 saturated heterocycles. The van der Waals surface area contributed by atoms with Crippen molar-refractivity contribution in [2.75, 3.05) is 10.6 Å². The highest BCUT2D eigenvalue weighted by atomic mass is 32.1. The predicted octanol–water partition coefficient (Wildman–Crippen LogP) is 5.33. The molecule has 2 N–H and O–H groups in total. The Kier molecular flexibility index (Phi) is 3.91. The molecule has 0 amide bonds. The molecule has 0 radical (unpaired) electrons. The van der Waals surface area contributed by atoms with Crippen molar-refractivity contribution in [2.45, 2.75) is 13.8 Å². The van der Waals surface area contributed by atoms with Crippen molar-refractivity contribution >= 4 is 70.7 Å². The predicted molar refractivity (Wildman–Crippen MR) is 109 cm³/mol. The van der Waals surface area contributed by atoms with E-state index in [1.165, 1.54) is 11.1 Å². The minimum absolute atomic E-state index is 0.501. The van der Waals surface area contributed by atoms with E-state index in [1.807, 2.05) is 0 Å². The highest BCUT2D eigenvalue weighted by Gasteiger charge is 2.08. The van der Waals surface area contributed by atoms with Crippen LogP contribution in [0.15, 0.2) is 36.4 Å². The van der Waals surface area contributed by atoms with Crippen molar-refractivity contribution < 1.29 is 0 Å². The molecule has 0 saturated carbocycles. The summed E-state index contributed by atoms with van der Waals surface area (Å²) in [5.41, 5.74) is 4.37. The van der Waals surface area contributed by atoms with Gasteiger partial charge in [-0.05, 0) is 61.5 Å². The van der Waals surface area contributed by atoms with Crippen molar-refractivity contribution in [2.24, 2.45) is 0 Å². The van der Waals surface area contributed by atoms with Gasteiger partial charge in [-0.3, -0.25) is 0 Å². The summed E-state index contributed by atoms with van der Waals surface area (Å²) in [5, 5.41) is 8.37. The van der Waals surface area contributed by atoms with E-state index in [2.05, 4.69) is 70.8 Å². The van der Waals surface area contributed by atoms with Crippen LogP contribution in [0.25, 0.3) is 20.4 Å². The molecule has 0 unspecified atom stereocenters. The van der Waals surface area contributed by atoms with E-state index in [-0.39, 0.29) is 0 Å². The standard InChI is InChI=1S/C17H14N4S3/c1-9-3-5-13-11(7-9)18-16(23-13)20-15(22)21-17-19-12-8-10(2)4-6-14(12)24-17/h3-8H,1-2H3,(H2,18,19,20,21,22). The number of hydrogen-bond acceptors (Lipinski definition) is 5. The van der Waals surface area contributed by atoms with Gasteiger partial charge in [0.2, 0.25) is 0 Å². The second kappa shape index (κ2) is 6.08. The average molecular weight is 371 g/mol. The first-order valence-electron chi connectivity index (χ1n) is 7.39. The van der Waals surface area contributed by atoms with E-state index >= 15 is 0 Å². The SMILES string of the molecule is Cc1ccc2sc(NC(=S)Nc3nc4cc(C)ccc4s3)nc2c1. The van der Waals surface area contributed by atoms with Gasteiger partial charge < -0.3 is 10.6 Å². The quantitative estimate of drug-likeness (QED) is 0.467. The minimum Gasteiger partial charge on any atom is -0.308 e. The average Bonchev–Trinajstić information content (AvgIpc) is 3.08. The van der Waals surface area contributed by atoms with Gasteiger partial charge in [0.25, 0.3) is 0 Å². The summed E-state index contributed by atoms with van der Waals surface area (Å²) in [6, 6.07) is 12.5. The topological polar surface area (TPSA) is 49.8 Å². The lowest BCUT2D eigenvalue weighted by atomic mass is 10.2. The Labute approximate surface area is 152 Å². The van der Waals surface area contributed by atoms with Gasteiger partial charge in [0.05, 0.1) is 20.4 Å². The summed E-state index contributed by atoms with van der Waals surface area (Å²) in [6.45, 7) is 4.12. The number of benzene rings is 2. The van der Waals surface area contributed by atoms with Crippen molar-refractivity contribution in [1.29, 1.82) is 0 Å². The number of hydrogen-bond donors (Lipinski definition) is 2. The molecule has 2 heterocycles. The van der Waals surface area contributed by atoms with Crippen LogP contribution in [0.5, 0.6) is 0 Å². The van der Waals surface area contributed by atoms with Gasteiger partial charge in [0.15, 0.2) is 15.4 Å². The van der Waals surface area contributed by atoms with E-state index in [9.17, 15) is 0 Å². The maximum absolute atomic E-state index is 5.39. The molecule has 4 nitrogen and oxygen atoms in total. The van der Waals surface area contributed by atoms with E-state index in [0.29, 0.717) is 5.11 Å². The number of nitrogens with zero attached hydrogens (tertiary/aromatic N) is 2. The highest BCUT2D eigenvalue weighted by molar-refractivity contribution is 7.80. The molecular formula is C17H14N4S3. The molecule has 4 aromatic rings. The largest absolute Gasteiger partial charge is 0.308 e. The third kappa shape index (κ3) is 3.10. The van der Waals surface area contributed by atoms with Crippen molar-refractivity contribution in [3.63, 3.8) is 0 Å². The number of anilines is 2. The van der Waals surface area contributed by atoms with Gasteiger partial charge in [-0.1, -0.05) is 34.8 Å². The van der Waals surface area contributed by atoms with E-state index in [0.717, 1.165) is 30.7 Å². The van der Waals surface area contributed by atoms with Gasteiger partial charge >= 0.3 is 0 Å². The van der Waals surface area contributed by atoms with Gasteiger partial charge in [0.1, 0.15) is 0 Å². The zero-order valence-corrected chi connectivity index (χ0v) is 15.5. The number of aromatic nitrogens is 2. The zero-order valence-electron chi connectivity index (χ0n) is 13.1. The van der Waals surface area contributed by atoms with Crippen molar-refractivity contribution in [3.05, 3.63) is 47.5 Å². The van der Waals surface area contributed by atoms with Crippen molar-refractivity contribution in [3.8, 4) is 0 Å². The van der Waals surface area contributed by atoms with Crippen LogP contribution in [-0.4, -0.2) is 15.1 Å². The molecule has 7 heteroatoms. The fourth-order valence-electron chi connectivity index (χ4n) is 2.41. The van der Waals surface area contributed by atoms with Crippen LogP contribution in [0.4, 0.5) is 10.3 Å². The molecule has 2 aromatic heterocycles. The molecule has 0 aliphatic carbocycles. The fraction of sp³-hybridized carbons (Fsp3) is 0.118. The first kappa shape index (κ1) is 15.4. The van der Waals surface area contributed by atoms with Gasteiger partial charge in [-0.25, -0.2) is 9.97 Å². The number of rotatable bonds is 2. The molecule has 0 atom stereocenters. The minimum atomic E-state index is 0.501. The first-order chi connectivity index (χ1) is 11.6. The molecule has 0 aliphatic heterocycles. The van der Waals surface area contributed by atoms with Crippen LogP contribution in [-0.2, 0) is 0 Å². The number of thiocarbonyl (C=S) groups is 1. The fourth-order valence-corrected chi connectivity index (χ4v) is 4.43. The number of thiazole rings is 2. The van der Waals surface area contributed by atoms with Crippen LogP contribution in [0.1, 0.15) is 11.1 Å². The molecule has 120 valence electrons. The van der Waals surface area contributed by atoms with Gasteiger partial charge in [0, 0.05) is 0 Å². The summed E-state index contributed by atoms with van der Waals surface area (Å²) in [5.74, 6) is 0. The molecule has 0 aliphatic rings. The lowest BCUT2D eigenvalue weighted by Gasteiger charge is -2.04. The third-order valence-electron chi connectivity index (χ3n) is 3.53. The third-order valence-corrected chi connectivity index (χ3v) is 5.63. The highest BCUT2D eigenvalue weighted by Crippen LogP contribution is 2.28.